The van der Waals surface area contributed by atoms with Crippen LogP contribution >= 0.6 is 0 Å². The second-order valence-corrected chi connectivity index (χ2v) is 3.71. The Balaban J connectivity index is -0.000000309. The standard InChI is InChI=1S/C8H19NO.C2H6.H2/c1-8(2,3)4-6-10-7-5-9;1-2;/h4-7,9H2,1-3H3;1-2H3;1H. The Morgan fingerprint density at radius 2 is 1.67 bits per heavy atom. The molecule has 0 aliphatic heterocycles. The Hall–Kier alpha value is -0.0800. The molecule has 0 rings (SSSR count). The second-order valence-electron chi connectivity index (χ2n) is 3.71. The van der Waals surface area contributed by atoms with Gasteiger partial charge in [0.15, 0.2) is 0 Å². The Kier molecular flexibility index (Phi) is 10.8. The molecule has 0 saturated carbocycles. The lowest BCUT2D eigenvalue weighted by Crippen LogP contribution is -2.13. The van der Waals surface area contributed by atoms with E-state index in [4.69, 9.17) is 10.5 Å². The van der Waals surface area contributed by atoms with Crippen molar-refractivity contribution >= 4 is 0 Å². The molecular weight excluding hydrogens is 150 g/mol. The van der Waals surface area contributed by atoms with Gasteiger partial charge in [-0.3, -0.25) is 0 Å². The van der Waals surface area contributed by atoms with Crippen LogP contribution in [-0.4, -0.2) is 19.8 Å². The largest absolute Gasteiger partial charge is 0.380 e. The van der Waals surface area contributed by atoms with Gasteiger partial charge in [-0.25, -0.2) is 0 Å². The van der Waals surface area contributed by atoms with Gasteiger partial charge in [0.1, 0.15) is 0 Å². The van der Waals surface area contributed by atoms with Gasteiger partial charge in [-0.1, -0.05) is 34.6 Å². The van der Waals surface area contributed by atoms with Crippen LogP contribution in [0.2, 0.25) is 0 Å². The van der Waals surface area contributed by atoms with E-state index in [1.54, 1.807) is 0 Å². The van der Waals surface area contributed by atoms with Crippen molar-refractivity contribution in [2.75, 3.05) is 19.8 Å². The van der Waals surface area contributed by atoms with Crippen molar-refractivity contribution in [3.8, 4) is 0 Å². The molecule has 0 atom stereocenters. The number of hydrogen-bond acceptors (Lipinski definition) is 2. The second kappa shape index (κ2) is 9.01. The minimum Gasteiger partial charge on any atom is -0.380 e. The first-order valence-corrected chi connectivity index (χ1v) is 4.84. The van der Waals surface area contributed by atoms with Gasteiger partial charge < -0.3 is 10.5 Å². The summed E-state index contributed by atoms with van der Waals surface area (Å²) in [5.74, 6) is 0. The predicted octanol–water partition coefficient (Wildman–Crippen LogP) is 2.67. The third kappa shape index (κ3) is 16.5. The van der Waals surface area contributed by atoms with Crippen LogP contribution in [0, 0.1) is 5.41 Å². The molecule has 0 aliphatic carbocycles. The number of ether oxygens (including phenoxy) is 1. The monoisotopic (exact) mass is 177 g/mol. The van der Waals surface area contributed by atoms with Gasteiger partial charge >= 0.3 is 0 Å². The van der Waals surface area contributed by atoms with Gasteiger partial charge in [-0.2, -0.15) is 0 Å². The molecule has 0 fully saturated rings. The maximum Gasteiger partial charge on any atom is 0.0588 e. The molecule has 0 aromatic heterocycles. The van der Waals surface area contributed by atoms with Crippen LogP contribution in [0.25, 0.3) is 0 Å². The van der Waals surface area contributed by atoms with Crippen LogP contribution in [-0.2, 0) is 4.74 Å². The number of hydrogen-bond donors (Lipinski definition) is 1. The maximum atomic E-state index is 5.25. The molecule has 0 bridgehead atoms. The summed E-state index contributed by atoms with van der Waals surface area (Å²) in [5.41, 5.74) is 5.64. The van der Waals surface area contributed by atoms with Crippen molar-refractivity contribution in [3.05, 3.63) is 0 Å². The van der Waals surface area contributed by atoms with Crippen LogP contribution in [0.1, 0.15) is 42.5 Å². The van der Waals surface area contributed by atoms with E-state index < -0.39 is 0 Å². The summed E-state index contributed by atoms with van der Waals surface area (Å²) in [7, 11) is 0. The lowest BCUT2D eigenvalue weighted by molar-refractivity contribution is 0.114. The molecule has 0 amide bonds. The molecule has 0 unspecified atom stereocenters. The first-order valence-electron chi connectivity index (χ1n) is 4.84. The molecular formula is C10H27NO. The summed E-state index contributed by atoms with van der Waals surface area (Å²) in [5, 5.41) is 0. The predicted molar refractivity (Wildman–Crippen MR) is 57.4 cm³/mol. The molecule has 2 heteroatoms. The van der Waals surface area contributed by atoms with Crippen molar-refractivity contribution in [3.63, 3.8) is 0 Å². The average Bonchev–Trinajstić information content (AvgIpc) is 2.01. The van der Waals surface area contributed by atoms with E-state index in [0.717, 1.165) is 13.0 Å². The molecule has 78 valence electrons. The summed E-state index contributed by atoms with van der Waals surface area (Å²) < 4.78 is 5.23. The van der Waals surface area contributed by atoms with E-state index in [-0.39, 0.29) is 1.43 Å². The SMILES string of the molecule is CC.CC(C)(C)CCOCCN.[HH]. The molecule has 2 N–H and O–H groups in total. The highest BCUT2D eigenvalue weighted by molar-refractivity contribution is 4.59. The molecule has 0 radical (unpaired) electrons. The van der Waals surface area contributed by atoms with E-state index in [9.17, 15) is 0 Å². The maximum absolute atomic E-state index is 5.25. The van der Waals surface area contributed by atoms with Crippen LogP contribution < -0.4 is 5.73 Å². The Bertz CT molecular complexity index is 81.5. The summed E-state index contributed by atoms with van der Waals surface area (Å²) in [6.07, 6.45) is 1.10. The number of rotatable bonds is 4. The van der Waals surface area contributed by atoms with E-state index >= 15 is 0 Å². The van der Waals surface area contributed by atoms with Gasteiger partial charge in [0, 0.05) is 14.6 Å². The Labute approximate surface area is 79.0 Å². The molecule has 2 nitrogen and oxygen atoms in total. The summed E-state index contributed by atoms with van der Waals surface area (Å²) in [6.45, 7) is 12.8. The summed E-state index contributed by atoms with van der Waals surface area (Å²) in [6, 6.07) is 0. The molecule has 0 spiro atoms. The van der Waals surface area contributed by atoms with Crippen molar-refractivity contribution in [1.29, 1.82) is 0 Å². The van der Waals surface area contributed by atoms with E-state index in [1.165, 1.54) is 0 Å². The molecule has 0 heterocycles. The van der Waals surface area contributed by atoms with Crippen LogP contribution in [0.15, 0.2) is 0 Å². The lowest BCUT2D eigenvalue weighted by atomic mass is 9.93. The Morgan fingerprint density at radius 1 is 1.17 bits per heavy atom. The van der Waals surface area contributed by atoms with Gasteiger partial charge in [0.25, 0.3) is 0 Å². The molecule has 0 aliphatic rings. The van der Waals surface area contributed by atoms with Crippen LogP contribution in [0.3, 0.4) is 0 Å². The van der Waals surface area contributed by atoms with Crippen LogP contribution in [0.5, 0.6) is 0 Å². The van der Waals surface area contributed by atoms with E-state index in [2.05, 4.69) is 20.8 Å². The van der Waals surface area contributed by atoms with Crippen LogP contribution in [0.4, 0.5) is 0 Å². The minimum absolute atomic E-state index is 0. The van der Waals surface area contributed by atoms with Crippen molar-refractivity contribution < 1.29 is 6.16 Å². The third-order valence-electron chi connectivity index (χ3n) is 1.26. The molecule has 0 aromatic carbocycles. The first-order chi connectivity index (χ1) is 5.56. The molecule has 0 saturated heterocycles. The fourth-order valence-corrected chi connectivity index (χ4v) is 0.564. The topological polar surface area (TPSA) is 35.2 Å². The van der Waals surface area contributed by atoms with E-state index in [0.29, 0.717) is 18.6 Å². The molecule has 0 aromatic rings. The smallest absolute Gasteiger partial charge is 0.0588 e. The zero-order valence-electron chi connectivity index (χ0n) is 9.31. The zero-order chi connectivity index (χ0) is 10.0. The fraction of sp³-hybridized carbons (Fsp3) is 1.00. The van der Waals surface area contributed by atoms with Crippen molar-refractivity contribution in [2.24, 2.45) is 11.1 Å². The zero-order valence-corrected chi connectivity index (χ0v) is 9.31. The summed E-state index contributed by atoms with van der Waals surface area (Å²) in [4.78, 5) is 0. The van der Waals surface area contributed by atoms with Crippen molar-refractivity contribution in [2.45, 2.75) is 41.0 Å². The fourth-order valence-electron chi connectivity index (χ4n) is 0.564. The Morgan fingerprint density at radius 3 is 2.00 bits per heavy atom. The normalized spacial score (nSPS) is 10.5. The van der Waals surface area contributed by atoms with Crippen molar-refractivity contribution in [1.82, 2.24) is 0 Å². The summed E-state index contributed by atoms with van der Waals surface area (Å²) >= 11 is 0. The molecule has 12 heavy (non-hydrogen) atoms. The highest BCUT2D eigenvalue weighted by Gasteiger charge is 2.08. The third-order valence-corrected chi connectivity index (χ3v) is 1.26. The van der Waals surface area contributed by atoms with Gasteiger partial charge in [0.2, 0.25) is 0 Å². The van der Waals surface area contributed by atoms with Gasteiger partial charge in [-0.15, -0.1) is 0 Å². The van der Waals surface area contributed by atoms with E-state index in [1.807, 2.05) is 13.8 Å². The highest BCUT2D eigenvalue weighted by Crippen LogP contribution is 2.17. The van der Waals surface area contributed by atoms with Gasteiger partial charge in [0.05, 0.1) is 6.61 Å². The minimum atomic E-state index is 0. The number of nitrogens with two attached hydrogens (primary N) is 1. The lowest BCUT2D eigenvalue weighted by Gasteiger charge is -2.17. The highest BCUT2D eigenvalue weighted by atomic mass is 16.5. The average molecular weight is 177 g/mol. The quantitative estimate of drug-likeness (QED) is 0.670. The van der Waals surface area contributed by atoms with Gasteiger partial charge in [-0.05, 0) is 11.8 Å². The first kappa shape index (κ1) is 14.4.